The highest BCUT2D eigenvalue weighted by Crippen LogP contribution is 2.23. The molecule has 1 amide bonds. The first-order valence-electron chi connectivity index (χ1n) is 7.09. The number of nitriles is 1. The van der Waals surface area contributed by atoms with Crippen LogP contribution in [-0.4, -0.2) is 26.1 Å². The maximum Gasteiger partial charge on any atom is 0.248 e. The second kappa shape index (κ2) is 7.30. The topological polar surface area (TPSA) is 96.5 Å². The highest BCUT2D eigenvalue weighted by Gasteiger charge is 2.12. The lowest BCUT2D eigenvalue weighted by Crippen LogP contribution is -2.20. The summed E-state index contributed by atoms with van der Waals surface area (Å²) in [6.07, 6.45) is 0. The van der Waals surface area contributed by atoms with Crippen LogP contribution in [0.3, 0.4) is 0 Å². The highest BCUT2D eigenvalue weighted by molar-refractivity contribution is 6.33. The Balaban J connectivity index is 1.69. The molecule has 9 heteroatoms. The third-order valence-electron chi connectivity index (χ3n) is 3.23. The van der Waals surface area contributed by atoms with Gasteiger partial charge in [0.05, 0.1) is 15.6 Å². The van der Waals surface area contributed by atoms with Gasteiger partial charge in [0.1, 0.15) is 12.6 Å². The lowest BCUT2D eigenvalue weighted by atomic mass is 10.2. The van der Waals surface area contributed by atoms with E-state index in [2.05, 4.69) is 20.7 Å². The fourth-order valence-electron chi connectivity index (χ4n) is 2.07. The van der Waals surface area contributed by atoms with Gasteiger partial charge in [-0.1, -0.05) is 35.3 Å². The number of aromatic nitrogens is 4. The molecule has 124 valence electrons. The normalized spacial score (nSPS) is 10.3. The van der Waals surface area contributed by atoms with Crippen molar-refractivity contribution in [2.75, 3.05) is 5.32 Å². The first-order chi connectivity index (χ1) is 12.1. The van der Waals surface area contributed by atoms with Crippen LogP contribution in [0.2, 0.25) is 10.0 Å². The smallest absolute Gasteiger partial charge is 0.248 e. The Bertz CT molecular complexity index is 979. The number of nitrogens with zero attached hydrogens (tertiary/aromatic N) is 5. The van der Waals surface area contributed by atoms with Crippen LogP contribution >= 0.6 is 23.2 Å². The summed E-state index contributed by atoms with van der Waals surface area (Å²) in [6, 6.07) is 13.7. The second-order valence-electron chi connectivity index (χ2n) is 4.98. The predicted molar refractivity (Wildman–Crippen MR) is 93.1 cm³/mol. The molecule has 1 N–H and O–H groups in total. The molecule has 0 bridgehead atoms. The maximum absolute atomic E-state index is 12.1. The van der Waals surface area contributed by atoms with E-state index in [1.807, 2.05) is 12.1 Å². The molecule has 0 fully saturated rings. The Morgan fingerprint density at radius 1 is 1.20 bits per heavy atom. The number of hydrogen-bond donors (Lipinski definition) is 1. The van der Waals surface area contributed by atoms with Gasteiger partial charge in [-0.3, -0.25) is 4.79 Å². The van der Waals surface area contributed by atoms with Gasteiger partial charge in [0.2, 0.25) is 11.7 Å². The molecule has 2 aromatic carbocycles. The average Bonchev–Trinajstić information content (AvgIpc) is 3.03. The Hall–Kier alpha value is -2.95. The summed E-state index contributed by atoms with van der Waals surface area (Å²) in [7, 11) is 0. The van der Waals surface area contributed by atoms with Crippen molar-refractivity contribution < 1.29 is 4.79 Å². The average molecular weight is 373 g/mol. The number of tetrazole rings is 1. The van der Waals surface area contributed by atoms with Crippen LogP contribution in [0.15, 0.2) is 42.5 Å². The number of hydrogen-bond acceptors (Lipinski definition) is 5. The number of anilines is 1. The van der Waals surface area contributed by atoms with Crippen LogP contribution in [0.4, 0.5) is 5.69 Å². The number of carbonyl (C=O) groups is 1. The number of nitrogens with one attached hydrogen (secondary N) is 1. The molecule has 1 aromatic heterocycles. The molecule has 25 heavy (non-hydrogen) atoms. The van der Waals surface area contributed by atoms with E-state index in [0.717, 1.165) is 0 Å². The van der Waals surface area contributed by atoms with Crippen LogP contribution in [0.1, 0.15) is 5.56 Å². The highest BCUT2D eigenvalue weighted by atomic mass is 35.5. The van der Waals surface area contributed by atoms with Crippen LogP contribution in [0.25, 0.3) is 11.4 Å². The third kappa shape index (κ3) is 3.94. The molecule has 1 heterocycles. The minimum absolute atomic E-state index is 0.130. The molecule has 0 aliphatic heterocycles. The Morgan fingerprint density at radius 3 is 2.72 bits per heavy atom. The van der Waals surface area contributed by atoms with Crippen molar-refractivity contribution in [2.24, 2.45) is 0 Å². The molecule has 0 aliphatic carbocycles. The van der Waals surface area contributed by atoms with Crippen molar-refractivity contribution in [3.05, 3.63) is 58.1 Å². The molecule has 0 unspecified atom stereocenters. The van der Waals surface area contributed by atoms with Crippen molar-refractivity contribution in [3.8, 4) is 17.5 Å². The zero-order valence-corrected chi connectivity index (χ0v) is 14.2. The summed E-state index contributed by atoms with van der Waals surface area (Å²) in [5.74, 6) is -0.0244. The molecule has 0 aliphatic rings. The minimum Gasteiger partial charge on any atom is -0.324 e. The van der Waals surface area contributed by atoms with Crippen molar-refractivity contribution in [1.29, 1.82) is 5.26 Å². The standard InChI is InChI=1S/C16H10Cl2N6O/c17-13-4-2-1-3-12(13)16-21-23-24(22-16)9-15(25)20-11-6-5-10(8-19)14(18)7-11/h1-7H,9H2,(H,20,25). The largest absolute Gasteiger partial charge is 0.324 e. The summed E-state index contributed by atoms with van der Waals surface area (Å²) >= 11 is 12.0. The first-order valence-corrected chi connectivity index (χ1v) is 7.84. The van der Waals surface area contributed by atoms with Gasteiger partial charge in [0, 0.05) is 11.3 Å². The van der Waals surface area contributed by atoms with E-state index in [-0.39, 0.29) is 17.5 Å². The summed E-state index contributed by atoms with van der Waals surface area (Å²) < 4.78 is 0. The van der Waals surface area contributed by atoms with Crippen LogP contribution in [0.5, 0.6) is 0 Å². The molecule has 0 spiro atoms. The van der Waals surface area contributed by atoms with Crippen molar-refractivity contribution in [3.63, 3.8) is 0 Å². The number of amides is 1. The van der Waals surface area contributed by atoms with E-state index in [1.54, 1.807) is 24.3 Å². The van der Waals surface area contributed by atoms with E-state index in [1.165, 1.54) is 16.9 Å². The molecule has 0 radical (unpaired) electrons. The molecule has 7 nitrogen and oxygen atoms in total. The van der Waals surface area contributed by atoms with Crippen LogP contribution in [-0.2, 0) is 11.3 Å². The maximum atomic E-state index is 12.1. The van der Waals surface area contributed by atoms with Gasteiger partial charge in [0.25, 0.3) is 0 Å². The number of carbonyl (C=O) groups excluding carboxylic acids is 1. The van der Waals surface area contributed by atoms with Gasteiger partial charge in [-0.2, -0.15) is 10.1 Å². The fourth-order valence-corrected chi connectivity index (χ4v) is 2.52. The Kier molecular flexibility index (Phi) is 4.93. The van der Waals surface area contributed by atoms with E-state index < -0.39 is 0 Å². The number of halogens is 2. The lowest BCUT2D eigenvalue weighted by Gasteiger charge is -2.05. The monoisotopic (exact) mass is 372 g/mol. The molecule has 0 saturated carbocycles. The number of rotatable bonds is 4. The Labute approximate surface area is 152 Å². The van der Waals surface area contributed by atoms with Gasteiger partial charge < -0.3 is 5.32 Å². The minimum atomic E-state index is -0.358. The van der Waals surface area contributed by atoms with Crippen molar-refractivity contribution >= 4 is 34.8 Å². The molecule has 3 aromatic rings. The van der Waals surface area contributed by atoms with E-state index in [0.29, 0.717) is 27.7 Å². The SMILES string of the molecule is N#Cc1ccc(NC(=O)Cn2nnc(-c3ccccc3Cl)n2)cc1Cl. The van der Waals surface area contributed by atoms with Crippen LogP contribution < -0.4 is 5.32 Å². The lowest BCUT2D eigenvalue weighted by molar-refractivity contribution is -0.117. The van der Waals surface area contributed by atoms with E-state index >= 15 is 0 Å². The van der Waals surface area contributed by atoms with Crippen molar-refractivity contribution in [1.82, 2.24) is 20.2 Å². The van der Waals surface area contributed by atoms with Gasteiger partial charge in [-0.15, -0.1) is 10.2 Å². The predicted octanol–water partition coefficient (Wildman–Crippen LogP) is 3.16. The quantitative estimate of drug-likeness (QED) is 0.758. The third-order valence-corrected chi connectivity index (χ3v) is 3.87. The van der Waals surface area contributed by atoms with Crippen molar-refractivity contribution in [2.45, 2.75) is 6.54 Å². The molecular formula is C16H10Cl2N6O. The van der Waals surface area contributed by atoms with Gasteiger partial charge >= 0.3 is 0 Å². The zero-order chi connectivity index (χ0) is 17.8. The summed E-state index contributed by atoms with van der Waals surface area (Å²) in [5, 5.41) is 24.2. The molecule has 3 rings (SSSR count). The second-order valence-corrected chi connectivity index (χ2v) is 5.79. The van der Waals surface area contributed by atoms with E-state index in [4.69, 9.17) is 28.5 Å². The first kappa shape index (κ1) is 16.9. The number of benzene rings is 2. The fraction of sp³-hybridized carbons (Fsp3) is 0.0625. The molecule has 0 saturated heterocycles. The zero-order valence-electron chi connectivity index (χ0n) is 12.6. The van der Waals surface area contributed by atoms with E-state index in [9.17, 15) is 4.79 Å². The van der Waals surface area contributed by atoms with Crippen LogP contribution in [0, 0.1) is 11.3 Å². The summed E-state index contributed by atoms with van der Waals surface area (Å²) in [4.78, 5) is 13.3. The summed E-state index contributed by atoms with van der Waals surface area (Å²) in [6.45, 7) is -0.130. The molecular weight excluding hydrogens is 363 g/mol. The van der Waals surface area contributed by atoms with Gasteiger partial charge in [-0.05, 0) is 35.5 Å². The van der Waals surface area contributed by atoms with Gasteiger partial charge in [-0.25, -0.2) is 0 Å². The van der Waals surface area contributed by atoms with Gasteiger partial charge in [0.15, 0.2) is 0 Å². The molecule has 0 atom stereocenters. The summed E-state index contributed by atoms with van der Waals surface area (Å²) in [5.41, 5.74) is 1.44. The Morgan fingerprint density at radius 2 is 2.00 bits per heavy atom.